The Bertz CT molecular complexity index is 465. The van der Waals surface area contributed by atoms with Crippen molar-refractivity contribution in [2.45, 2.75) is 17.4 Å². The van der Waals surface area contributed by atoms with Crippen LogP contribution < -0.4 is 0 Å². The van der Waals surface area contributed by atoms with Crippen LogP contribution in [0.2, 0.25) is 0 Å². The molecule has 0 unspecified atom stereocenters. The summed E-state index contributed by atoms with van der Waals surface area (Å²) in [5.41, 5.74) is 0.817. The van der Waals surface area contributed by atoms with E-state index >= 15 is 0 Å². The minimum atomic E-state index is -0.690. The highest BCUT2D eigenvalue weighted by Gasteiger charge is 2.14. The number of carbonyl (C=O) groups is 1. The van der Waals surface area contributed by atoms with Crippen molar-refractivity contribution in [1.29, 1.82) is 0 Å². The molecule has 2 rings (SSSR count). The summed E-state index contributed by atoms with van der Waals surface area (Å²) in [7, 11) is 0. The fourth-order valence-corrected chi connectivity index (χ4v) is 2.91. The van der Waals surface area contributed by atoms with Gasteiger partial charge in [0.1, 0.15) is 0 Å². The van der Waals surface area contributed by atoms with Gasteiger partial charge in [-0.2, -0.15) is 11.3 Å². The van der Waals surface area contributed by atoms with Crippen molar-refractivity contribution in [2.75, 3.05) is 0 Å². The second-order valence-corrected chi connectivity index (χ2v) is 5.47. The minimum Gasteiger partial charge on any atom is -0.388 e. The molecule has 0 saturated carbocycles. The minimum absolute atomic E-state index is 0.0186. The van der Waals surface area contributed by atoms with Crippen LogP contribution >= 0.6 is 23.1 Å². The van der Waals surface area contributed by atoms with E-state index in [0.717, 1.165) is 10.5 Å². The zero-order valence-corrected chi connectivity index (χ0v) is 10.7. The highest BCUT2D eigenvalue weighted by molar-refractivity contribution is 8.13. The zero-order chi connectivity index (χ0) is 12.1. The molecule has 1 N–H and O–H groups in total. The molecule has 88 valence electrons. The van der Waals surface area contributed by atoms with Crippen molar-refractivity contribution in [3.8, 4) is 0 Å². The third kappa shape index (κ3) is 3.70. The van der Waals surface area contributed by atoms with Crippen LogP contribution in [0.5, 0.6) is 0 Å². The van der Waals surface area contributed by atoms with Gasteiger partial charge in [0.2, 0.25) is 0 Å². The van der Waals surface area contributed by atoms with Crippen LogP contribution in [0.4, 0.5) is 0 Å². The van der Waals surface area contributed by atoms with Gasteiger partial charge in [0.05, 0.1) is 6.10 Å². The van der Waals surface area contributed by atoms with E-state index in [-0.39, 0.29) is 11.5 Å². The number of benzene rings is 1. The summed E-state index contributed by atoms with van der Waals surface area (Å²) in [6.07, 6.45) is -0.541. The molecule has 0 radical (unpaired) electrons. The molecule has 0 aliphatic rings. The van der Waals surface area contributed by atoms with E-state index in [1.54, 1.807) is 0 Å². The van der Waals surface area contributed by atoms with Crippen molar-refractivity contribution in [3.63, 3.8) is 0 Å². The molecule has 2 nitrogen and oxygen atoms in total. The maximum atomic E-state index is 11.7. The Balaban J connectivity index is 1.90. The SMILES string of the molecule is O=C(C[C@@H](O)c1ccsc1)Sc1ccccc1. The first-order valence-electron chi connectivity index (χ1n) is 5.21. The van der Waals surface area contributed by atoms with E-state index < -0.39 is 6.10 Å². The van der Waals surface area contributed by atoms with Crippen molar-refractivity contribution < 1.29 is 9.90 Å². The molecule has 0 spiro atoms. The molecule has 0 aliphatic heterocycles. The Kier molecular flexibility index (Phi) is 4.36. The number of hydrogen-bond donors (Lipinski definition) is 1. The van der Waals surface area contributed by atoms with Gasteiger partial charge in [0.15, 0.2) is 5.12 Å². The molecule has 4 heteroatoms. The molecule has 0 amide bonds. The number of carbonyl (C=O) groups excluding carboxylic acids is 1. The van der Waals surface area contributed by atoms with Crippen LogP contribution in [0.15, 0.2) is 52.1 Å². The van der Waals surface area contributed by atoms with Gasteiger partial charge >= 0.3 is 0 Å². The third-order valence-electron chi connectivity index (χ3n) is 2.26. The lowest BCUT2D eigenvalue weighted by Gasteiger charge is -2.07. The lowest BCUT2D eigenvalue weighted by atomic mass is 10.1. The predicted octanol–water partition coefficient (Wildman–Crippen LogP) is 3.49. The highest BCUT2D eigenvalue weighted by atomic mass is 32.2. The molecule has 2 aromatic rings. The maximum Gasteiger partial charge on any atom is 0.196 e. The van der Waals surface area contributed by atoms with E-state index in [0.29, 0.717) is 0 Å². The Morgan fingerprint density at radius 2 is 2.06 bits per heavy atom. The summed E-state index contributed by atoms with van der Waals surface area (Å²) >= 11 is 2.69. The van der Waals surface area contributed by atoms with Crippen molar-refractivity contribution in [3.05, 3.63) is 52.7 Å². The Morgan fingerprint density at radius 3 is 2.71 bits per heavy atom. The molecule has 1 aromatic heterocycles. The van der Waals surface area contributed by atoms with Crippen LogP contribution in [0.3, 0.4) is 0 Å². The summed E-state index contributed by atoms with van der Waals surface area (Å²) in [6, 6.07) is 11.3. The monoisotopic (exact) mass is 264 g/mol. The largest absolute Gasteiger partial charge is 0.388 e. The number of aliphatic hydroxyl groups is 1. The molecule has 0 bridgehead atoms. The number of thioether (sulfide) groups is 1. The van der Waals surface area contributed by atoms with Gasteiger partial charge < -0.3 is 5.11 Å². The summed E-state index contributed by atoms with van der Waals surface area (Å²) in [4.78, 5) is 12.6. The van der Waals surface area contributed by atoms with E-state index in [4.69, 9.17) is 0 Å². The Morgan fingerprint density at radius 1 is 1.29 bits per heavy atom. The van der Waals surface area contributed by atoms with Crippen LogP contribution in [-0.2, 0) is 4.79 Å². The number of thiophene rings is 1. The van der Waals surface area contributed by atoms with Crippen LogP contribution in [0.25, 0.3) is 0 Å². The van der Waals surface area contributed by atoms with Gasteiger partial charge in [-0.3, -0.25) is 4.79 Å². The highest BCUT2D eigenvalue weighted by Crippen LogP contribution is 2.25. The lowest BCUT2D eigenvalue weighted by Crippen LogP contribution is -2.02. The maximum absolute atomic E-state index is 11.7. The van der Waals surface area contributed by atoms with Crippen molar-refractivity contribution in [2.24, 2.45) is 0 Å². The molecule has 1 atom stereocenters. The Labute approximate surface area is 108 Å². The van der Waals surface area contributed by atoms with E-state index in [1.165, 1.54) is 23.1 Å². The first-order chi connectivity index (χ1) is 8.25. The number of hydrogen-bond acceptors (Lipinski definition) is 4. The van der Waals surface area contributed by atoms with Crippen LogP contribution in [-0.4, -0.2) is 10.2 Å². The third-order valence-corrected chi connectivity index (χ3v) is 3.87. The van der Waals surface area contributed by atoms with Gasteiger partial charge in [0, 0.05) is 11.3 Å². The average molecular weight is 264 g/mol. The smallest absolute Gasteiger partial charge is 0.196 e. The standard InChI is InChI=1S/C13H12O2S2/c14-12(10-6-7-16-9-10)8-13(15)17-11-4-2-1-3-5-11/h1-7,9,12,14H,8H2/t12-/m1/s1. The second-order valence-electron chi connectivity index (χ2n) is 3.56. The molecule has 0 aliphatic carbocycles. The van der Waals surface area contributed by atoms with Gasteiger partial charge in [0.25, 0.3) is 0 Å². The molecule has 1 heterocycles. The Hall–Kier alpha value is -1.10. The fourth-order valence-electron chi connectivity index (χ4n) is 1.40. The predicted molar refractivity (Wildman–Crippen MR) is 71.2 cm³/mol. The van der Waals surface area contributed by atoms with Gasteiger partial charge in [-0.1, -0.05) is 30.0 Å². The molecular formula is C13H12O2S2. The summed E-state index contributed by atoms with van der Waals surface area (Å²) in [5, 5.41) is 13.6. The summed E-state index contributed by atoms with van der Waals surface area (Å²) < 4.78 is 0. The van der Waals surface area contributed by atoms with Crippen LogP contribution in [0.1, 0.15) is 18.1 Å². The normalized spacial score (nSPS) is 12.3. The van der Waals surface area contributed by atoms with Gasteiger partial charge in [-0.25, -0.2) is 0 Å². The van der Waals surface area contributed by atoms with Gasteiger partial charge in [-0.05, 0) is 34.5 Å². The summed E-state index contributed by atoms with van der Waals surface area (Å²) in [6.45, 7) is 0. The molecule has 0 saturated heterocycles. The lowest BCUT2D eigenvalue weighted by molar-refractivity contribution is -0.112. The van der Waals surface area contributed by atoms with Crippen LogP contribution in [0, 0.1) is 0 Å². The zero-order valence-electron chi connectivity index (χ0n) is 9.08. The fraction of sp³-hybridized carbons (Fsp3) is 0.154. The molecule has 1 aromatic carbocycles. The van der Waals surface area contributed by atoms with Crippen molar-refractivity contribution in [1.82, 2.24) is 0 Å². The van der Waals surface area contributed by atoms with E-state index in [9.17, 15) is 9.90 Å². The average Bonchev–Trinajstić information content (AvgIpc) is 2.83. The first kappa shape index (κ1) is 12.4. The molecular weight excluding hydrogens is 252 g/mol. The number of rotatable bonds is 4. The van der Waals surface area contributed by atoms with Crippen molar-refractivity contribution >= 4 is 28.2 Å². The quantitative estimate of drug-likeness (QED) is 0.859. The van der Waals surface area contributed by atoms with Gasteiger partial charge in [-0.15, -0.1) is 0 Å². The first-order valence-corrected chi connectivity index (χ1v) is 6.97. The number of aliphatic hydroxyl groups excluding tert-OH is 1. The second kappa shape index (κ2) is 6.00. The molecule has 0 fully saturated rings. The van der Waals surface area contributed by atoms with E-state index in [1.807, 2.05) is 47.2 Å². The summed E-state index contributed by atoms with van der Waals surface area (Å²) in [5.74, 6) is 0. The topological polar surface area (TPSA) is 37.3 Å². The van der Waals surface area contributed by atoms with E-state index in [2.05, 4.69) is 0 Å². The molecule has 17 heavy (non-hydrogen) atoms.